The molecular weight excluding hydrogens is 329 g/mol. The second kappa shape index (κ2) is 6.10. The quantitative estimate of drug-likeness (QED) is 0.584. The molecule has 0 unspecified atom stereocenters. The van der Waals surface area contributed by atoms with Crippen LogP contribution in [0.15, 0.2) is 34.3 Å². The fourth-order valence-electron chi connectivity index (χ4n) is 1.14. The van der Waals surface area contributed by atoms with Crippen molar-refractivity contribution in [1.82, 2.24) is 0 Å². The van der Waals surface area contributed by atoms with Gasteiger partial charge in [0.25, 0.3) is 0 Å². The molecule has 1 aromatic carbocycles. The number of alkyl halides is 6. The van der Waals surface area contributed by atoms with Crippen molar-refractivity contribution >= 4 is 35.4 Å². The van der Waals surface area contributed by atoms with Crippen LogP contribution in [-0.2, 0) is 0 Å². The standard InChI is InChI=1S/C12H6Cl2F6/c13-9(11(15,16)17)5-7-1-2-8(4-3-7)6-10(14)12(18,19)20/h1-6H/b9-5-,10-6-. The van der Waals surface area contributed by atoms with E-state index in [4.69, 9.17) is 23.2 Å². The van der Waals surface area contributed by atoms with Crippen LogP contribution in [0.1, 0.15) is 11.1 Å². The van der Waals surface area contributed by atoms with Crippen LogP contribution in [0, 0.1) is 0 Å². The summed E-state index contributed by atoms with van der Waals surface area (Å²) in [5.41, 5.74) is 0.209. The van der Waals surface area contributed by atoms with Gasteiger partial charge in [-0.05, 0) is 23.3 Å². The van der Waals surface area contributed by atoms with Crippen molar-refractivity contribution in [2.45, 2.75) is 12.4 Å². The maximum absolute atomic E-state index is 12.2. The minimum absolute atomic E-state index is 0.104. The fourth-order valence-corrected chi connectivity index (χ4v) is 1.40. The average molecular weight is 335 g/mol. The lowest BCUT2D eigenvalue weighted by atomic mass is 10.1. The highest BCUT2D eigenvalue weighted by Gasteiger charge is 2.32. The third kappa shape index (κ3) is 5.09. The van der Waals surface area contributed by atoms with E-state index < -0.39 is 22.4 Å². The molecule has 0 spiro atoms. The number of hydrogen-bond donors (Lipinski definition) is 0. The molecular formula is C12H6Cl2F6. The Hall–Kier alpha value is -1.14. The second-order valence-electron chi connectivity index (χ2n) is 3.65. The van der Waals surface area contributed by atoms with Gasteiger partial charge in [-0.3, -0.25) is 0 Å². The Morgan fingerprint density at radius 1 is 0.700 bits per heavy atom. The monoisotopic (exact) mass is 334 g/mol. The summed E-state index contributed by atoms with van der Waals surface area (Å²) in [6.45, 7) is 0. The lowest BCUT2D eigenvalue weighted by Crippen LogP contribution is -2.06. The van der Waals surface area contributed by atoms with E-state index in [9.17, 15) is 26.3 Å². The predicted molar refractivity (Wildman–Crippen MR) is 66.2 cm³/mol. The molecule has 0 fully saturated rings. The zero-order chi connectivity index (χ0) is 15.6. The van der Waals surface area contributed by atoms with E-state index in [0.29, 0.717) is 12.2 Å². The van der Waals surface area contributed by atoms with E-state index in [2.05, 4.69) is 0 Å². The summed E-state index contributed by atoms with van der Waals surface area (Å²) in [7, 11) is 0. The topological polar surface area (TPSA) is 0 Å². The molecule has 0 aliphatic heterocycles. The van der Waals surface area contributed by atoms with E-state index in [1.807, 2.05) is 0 Å². The summed E-state index contributed by atoms with van der Waals surface area (Å²) < 4.78 is 73.0. The third-order valence-corrected chi connectivity index (χ3v) is 2.71. The first-order valence-corrected chi connectivity index (χ1v) is 5.74. The van der Waals surface area contributed by atoms with Crippen LogP contribution in [-0.4, -0.2) is 12.4 Å². The van der Waals surface area contributed by atoms with Crippen molar-refractivity contribution in [2.24, 2.45) is 0 Å². The number of rotatable bonds is 2. The van der Waals surface area contributed by atoms with Gasteiger partial charge in [0.2, 0.25) is 0 Å². The van der Waals surface area contributed by atoms with Gasteiger partial charge in [0.1, 0.15) is 10.1 Å². The van der Waals surface area contributed by atoms with Gasteiger partial charge in [-0.1, -0.05) is 47.5 Å². The van der Waals surface area contributed by atoms with Crippen LogP contribution in [0.2, 0.25) is 0 Å². The van der Waals surface area contributed by atoms with E-state index >= 15 is 0 Å². The molecule has 0 aromatic heterocycles. The van der Waals surface area contributed by atoms with E-state index in [0.717, 1.165) is 0 Å². The lowest BCUT2D eigenvalue weighted by molar-refractivity contribution is -0.0846. The van der Waals surface area contributed by atoms with E-state index in [1.165, 1.54) is 24.3 Å². The summed E-state index contributed by atoms with van der Waals surface area (Å²) in [6.07, 6.45) is -8.00. The molecule has 0 nitrogen and oxygen atoms in total. The number of benzene rings is 1. The molecule has 0 bridgehead atoms. The van der Waals surface area contributed by atoms with Gasteiger partial charge in [-0.25, -0.2) is 0 Å². The smallest absolute Gasteiger partial charge is 0.165 e. The summed E-state index contributed by atoms with van der Waals surface area (Å²) in [4.78, 5) is 0. The van der Waals surface area contributed by atoms with Gasteiger partial charge >= 0.3 is 12.4 Å². The molecule has 110 valence electrons. The van der Waals surface area contributed by atoms with Gasteiger partial charge in [0, 0.05) is 0 Å². The summed E-state index contributed by atoms with van der Waals surface area (Å²) in [5, 5.41) is -2.65. The highest BCUT2D eigenvalue weighted by atomic mass is 35.5. The van der Waals surface area contributed by atoms with Crippen molar-refractivity contribution in [1.29, 1.82) is 0 Å². The Morgan fingerprint density at radius 3 is 1.15 bits per heavy atom. The van der Waals surface area contributed by atoms with Gasteiger partial charge in [-0.2, -0.15) is 26.3 Å². The number of hydrogen-bond acceptors (Lipinski definition) is 0. The Labute approximate surface area is 120 Å². The largest absolute Gasteiger partial charge is 0.426 e. The number of halogens is 8. The van der Waals surface area contributed by atoms with Gasteiger partial charge < -0.3 is 0 Å². The first kappa shape index (κ1) is 16.9. The molecule has 0 aliphatic rings. The Kier molecular flexibility index (Phi) is 5.15. The minimum atomic E-state index is -4.67. The van der Waals surface area contributed by atoms with Gasteiger partial charge in [0.15, 0.2) is 0 Å². The maximum Gasteiger partial charge on any atom is 0.426 e. The Balaban J connectivity index is 2.96. The fraction of sp³-hybridized carbons (Fsp3) is 0.167. The molecule has 0 radical (unpaired) electrons. The predicted octanol–water partition coefficient (Wildman–Crippen LogP) is 5.97. The first-order chi connectivity index (χ1) is 9.00. The molecule has 1 aromatic rings. The van der Waals surface area contributed by atoms with Crippen molar-refractivity contribution in [3.63, 3.8) is 0 Å². The highest BCUT2D eigenvalue weighted by molar-refractivity contribution is 6.32. The van der Waals surface area contributed by atoms with E-state index in [1.54, 1.807) is 0 Å². The molecule has 0 heterocycles. The highest BCUT2D eigenvalue weighted by Crippen LogP contribution is 2.31. The van der Waals surface area contributed by atoms with Crippen LogP contribution >= 0.6 is 23.2 Å². The summed E-state index contributed by atoms with van der Waals surface area (Å²) >= 11 is 10.1. The Bertz CT molecular complexity index is 473. The molecule has 0 N–H and O–H groups in total. The zero-order valence-electron chi connectivity index (χ0n) is 9.49. The molecule has 0 amide bonds. The molecule has 0 aliphatic carbocycles. The van der Waals surface area contributed by atoms with Crippen molar-refractivity contribution in [3.05, 3.63) is 45.5 Å². The van der Waals surface area contributed by atoms with Crippen LogP contribution in [0.5, 0.6) is 0 Å². The van der Waals surface area contributed by atoms with E-state index in [-0.39, 0.29) is 11.1 Å². The molecule has 20 heavy (non-hydrogen) atoms. The first-order valence-electron chi connectivity index (χ1n) is 4.99. The molecule has 8 heteroatoms. The Morgan fingerprint density at radius 2 is 0.950 bits per heavy atom. The number of allylic oxidation sites excluding steroid dienone is 2. The molecule has 0 saturated carbocycles. The third-order valence-electron chi connectivity index (χ3n) is 2.06. The molecule has 0 atom stereocenters. The van der Waals surface area contributed by atoms with Crippen LogP contribution < -0.4 is 0 Å². The van der Waals surface area contributed by atoms with Crippen molar-refractivity contribution in [2.75, 3.05) is 0 Å². The SMILES string of the molecule is FC(F)(F)/C(Cl)=C/c1ccc(/C=C(\Cl)C(F)(F)F)cc1. The zero-order valence-corrected chi connectivity index (χ0v) is 11.0. The van der Waals surface area contributed by atoms with Crippen LogP contribution in [0.25, 0.3) is 12.2 Å². The average Bonchev–Trinajstić information content (AvgIpc) is 2.29. The second-order valence-corrected chi connectivity index (χ2v) is 4.46. The normalized spacial score (nSPS) is 14.6. The molecule has 1 rings (SSSR count). The van der Waals surface area contributed by atoms with Crippen LogP contribution in [0.4, 0.5) is 26.3 Å². The van der Waals surface area contributed by atoms with Crippen molar-refractivity contribution < 1.29 is 26.3 Å². The lowest BCUT2D eigenvalue weighted by Gasteiger charge is -2.05. The van der Waals surface area contributed by atoms with Crippen LogP contribution in [0.3, 0.4) is 0 Å². The summed E-state index contributed by atoms with van der Waals surface area (Å²) in [5.74, 6) is 0. The summed E-state index contributed by atoms with van der Waals surface area (Å²) in [6, 6.07) is 4.78. The van der Waals surface area contributed by atoms with Gasteiger partial charge in [-0.15, -0.1) is 0 Å². The van der Waals surface area contributed by atoms with Gasteiger partial charge in [0.05, 0.1) is 0 Å². The maximum atomic E-state index is 12.2. The minimum Gasteiger partial charge on any atom is -0.165 e. The molecule has 0 saturated heterocycles. The van der Waals surface area contributed by atoms with Crippen molar-refractivity contribution in [3.8, 4) is 0 Å².